The van der Waals surface area contributed by atoms with Crippen LogP contribution in [-0.2, 0) is 4.79 Å². The fraction of sp³-hybridized carbons (Fsp3) is 0.714. The van der Waals surface area contributed by atoms with Crippen molar-refractivity contribution < 1.29 is 19.7 Å². The summed E-state index contributed by atoms with van der Waals surface area (Å²) in [7, 11) is 0. The normalized spacial score (nSPS) is 12.4. The lowest BCUT2D eigenvalue weighted by Gasteiger charge is -2.07. The van der Waals surface area contributed by atoms with Crippen LogP contribution in [-0.4, -0.2) is 34.0 Å². The standard InChI is InChI=1S/C14H24N2O4S/c1-3-10(2)5-4-6-11(17)16-12-9-15-14(21-12)20-8-7-13(18)19/h9-10,13,18-19H,3-8H2,1-2H3,(H,16,17). The molecule has 0 radical (unpaired) electrons. The molecule has 0 aliphatic heterocycles. The Labute approximate surface area is 129 Å². The molecule has 6 nitrogen and oxygen atoms in total. The van der Waals surface area contributed by atoms with Gasteiger partial charge in [0.1, 0.15) is 5.00 Å². The number of hydrogen-bond donors (Lipinski definition) is 3. The highest BCUT2D eigenvalue weighted by molar-refractivity contribution is 7.17. The molecule has 1 amide bonds. The lowest BCUT2D eigenvalue weighted by molar-refractivity contribution is -0.116. The number of aliphatic hydroxyl groups is 2. The van der Waals surface area contributed by atoms with Gasteiger partial charge in [-0.05, 0) is 12.3 Å². The number of amides is 1. The first-order valence-electron chi connectivity index (χ1n) is 7.25. The Morgan fingerprint density at radius 1 is 1.48 bits per heavy atom. The van der Waals surface area contributed by atoms with Gasteiger partial charge in [0, 0.05) is 12.8 Å². The van der Waals surface area contributed by atoms with Gasteiger partial charge in [-0.25, -0.2) is 4.98 Å². The highest BCUT2D eigenvalue weighted by Crippen LogP contribution is 2.25. The minimum Gasteiger partial charge on any atom is -0.470 e. The summed E-state index contributed by atoms with van der Waals surface area (Å²) in [5.74, 6) is 0.641. The van der Waals surface area contributed by atoms with Crippen LogP contribution in [0.2, 0.25) is 0 Å². The first-order chi connectivity index (χ1) is 10.0. The average Bonchev–Trinajstić information content (AvgIpc) is 2.85. The number of hydrogen-bond acceptors (Lipinski definition) is 6. The summed E-state index contributed by atoms with van der Waals surface area (Å²) in [5, 5.41) is 21.2. The number of ether oxygens (including phenoxy) is 1. The minimum atomic E-state index is -1.38. The van der Waals surface area contributed by atoms with Crippen molar-refractivity contribution in [2.75, 3.05) is 11.9 Å². The quantitative estimate of drug-likeness (QED) is 0.576. The van der Waals surface area contributed by atoms with Crippen molar-refractivity contribution in [1.82, 2.24) is 4.98 Å². The molecule has 7 heteroatoms. The molecule has 1 aromatic rings. The monoisotopic (exact) mass is 316 g/mol. The van der Waals surface area contributed by atoms with Gasteiger partial charge in [-0.1, -0.05) is 38.0 Å². The Balaban J connectivity index is 2.25. The lowest BCUT2D eigenvalue weighted by Crippen LogP contribution is -2.10. The number of aromatic nitrogens is 1. The zero-order valence-electron chi connectivity index (χ0n) is 12.5. The molecule has 0 aliphatic carbocycles. The van der Waals surface area contributed by atoms with Gasteiger partial charge < -0.3 is 20.3 Å². The van der Waals surface area contributed by atoms with Crippen molar-refractivity contribution in [1.29, 1.82) is 0 Å². The average molecular weight is 316 g/mol. The maximum atomic E-state index is 11.8. The smallest absolute Gasteiger partial charge is 0.275 e. The van der Waals surface area contributed by atoms with E-state index in [0.717, 1.165) is 19.3 Å². The van der Waals surface area contributed by atoms with Crippen LogP contribution in [0.25, 0.3) is 0 Å². The van der Waals surface area contributed by atoms with E-state index >= 15 is 0 Å². The summed E-state index contributed by atoms with van der Waals surface area (Å²) in [6, 6.07) is 0. The maximum absolute atomic E-state index is 11.8. The van der Waals surface area contributed by atoms with Gasteiger partial charge in [0.05, 0.1) is 12.8 Å². The fourth-order valence-corrected chi connectivity index (χ4v) is 2.36. The lowest BCUT2D eigenvalue weighted by atomic mass is 10.0. The zero-order chi connectivity index (χ0) is 15.7. The van der Waals surface area contributed by atoms with Crippen LogP contribution in [0.4, 0.5) is 5.00 Å². The molecule has 0 fully saturated rings. The van der Waals surface area contributed by atoms with Crippen molar-refractivity contribution in [2.45, 2.75) is 52.2 Å². The molecule has 0 aromatic carbocycles. The van der Waals surface area contributed by atoms with E-state index in [9.17, 15) is 4.79 Å². The molecule has 0 saturated carbocycles. The summed E-state index contributed by atoms with van der Waals surface area (Å²) in [4.78, 5) is 15.8. The Morgan fingerprint density at radius 2 is 2.24 bits per heavy atom. The van der Waals surface area contributed by atoms with E-state index in [1.807, 2.05) is 0 Å². The molecule has 1 aromatic heterocycles. The third kappa shape index (κ3) is 7.99. The van der Waals surface area contributed by atoms with Crippen LogP contribution in [0.15, 0.2) is 6.20 Å². The molecule has 1 unspecified atom stereocenters. The molecule has 21 heavy (non-hydrogen) atoms. The third-order valence-corrected chi connectivity index (χ3v) is 3.97. The summed E-state index contributed by atoms with van der Waals surface area (Å²) in [5.41, 5.74) is 0. The van der Waals surface area contributed by atoms with Gasteiger partial charge in [-0.2, -0.15) is 0 Å². The van der Waals surface area contributed by atoms with Crippen molar-refractivity contribution in [3.8, 4) is 5.19 Å². The highest BCUT2D eigenvalue weighted by Gasteiger charge is 2.08. The van der Waals surface area contributed by atoms with Crippen LogP contribution >= 0.6 is 11.3 Å². The van der Waals surface area contributed by atoms with Crippen LogP contribution in [0.3, 0.4) is 0 Å². The van der Waals surface area contributed by atoms with E-state index in [1.54, 1.807) is 6.20 Å². The van der Waals surface area contributed by atoms with Crippen LogP contribution < -0.4 is 10.1 Å². The van der Waals surface area contributed by atoms with Crippen molar-refractivity contribution >= 4 is 22.2 Å². The Morgan fingerprint density at radius 3 is 2.90 bits per heavy atom. The molecular formula is C14H24N2O4S. The molecule has 1 rings (SSSR count). The van der Waals surface area contributed by atoms with Crippen LogP contribution in [0.5, 0.6) is 5.19 Å². The largest absolute Gasteiger partial charge is 0.470 e. The van der Waals surface area contributed by atoms with E-state index in [-0.39, 0.29) is 18.9 Å². The van der Waals surface area contributed by atoms with E-state index in [2.05, 4.69) is 24.1 Å². The molecule has 0 spiro atoms. The molecule has 1 atom stereocenters. The van der Waals surface area contributed by atoms with Gasteiger partial charge in [-0.15, -0.1) is 0 Å². The van der Waals surface area contributed by atoms with E-state index < -0.39 is 6.29 Å². The van der Waals surface area contributed by atoms with E-state index in [1.165, 1.54) is 11.3 Å². The number of rotatable bonds is 10. The second kappa shape index (κ2) is 9.70. The second-order valence-electron chi connectivity index (χ2n) is 5.06. The highest BCUT2D eigenvalue weighted by atomic mass is 32.1. The first kappa shape index (κ1) is 17.9. The Kier molecular flexibility index (Phi) is 8.26. The summed E-state index contributed by atoms with van der Waals surface area (Å²) >= 11 is 1.23. The topological polar surface area (TPSA) is 91.7 Å². The minimum absolute atomic E-state index is 0.0146. The fourth-order valence-electron chi connectivity index (χ4n) is 1.65. The Bertz CT molecular complexity index is 423. The number of aliphatic hydroxyl groups excluding tert-OH is 1. The van der Waals surface area contributed by atoms with Crippen molar-refractivity contribution in [3.63, 3.8) is 0 Å². The zero-order valence-corrected chi connectivity index (χ0v) is 13.4. The van der Waals surface area contributed by atoms with E-state index in [0.29, 0.717) is 22.5 Å². The molecule has 120 valence electrons. The Hall–Kier alpha value is -1.18. The van der Waals surface area contributed by atoms with Gasteiger partial charge in [-0.3, -0.25) is 4.79 Å². The number of nitrogens with one attached hydrogen (secondary N) is 1. The summed E-state index contributed by atoms with van der Waals surface area (Å²) < 4.78 is 5.24. The van der Waals surface area contributed by atoms with Gasteiger partial charge in [0.25, 0.3) is 5.19 Å². The van der Waals surface area contributed by atoms with Crippen LogP contribution in [0.1, 0.15) is 46.0 Å². The van der Waals surface area contributed by atoms with Gasteiger partial charge >= 0.3 is 0 Å². The molecule has 0 aliphatic rings. The predicted molar refractivity (Wildman–Crippen MR) is 82.4 cm³/mol. The second-order valence-corrected chi connectivity index (χ2v) is 6.06. The molecule has 1 heterocycles. The number of carbonyl (C=O) groups excluding carboxylic acids is 1. The third-order valence-electron chi connectivity index (χ3n) is 3.15. The molecule has 3 N–H and O–H groups in total. The summed E-state index contributed by atoms with van der Waals surface area (Å²) in [6.07, 6.45) is 3.88. The molecular weight excluding hydrogens is 292 g/mol. The first-order valence-corrected chi connectivity index (χ1v) is 8.07. The van der Waals surface area contributed by atoms with Crippen molar-refractivity contribution in [3.05, 3.63) is 6.20 Å². The maximum Gasteiger partial charge on any atom is 0.275 e. The molecule has 0 saturated heterocycles. The van der Waals surface area contributed by atoms with Gasteiger partial charge in [0.15, 0.2) is 6.29 Å². The number of nitrogens with zero attached hydrogens (tertiary/aromatic N) is 1. The van der Waals surface area contributed by atoms with E-state index in [4.69, 9.17) is 14.9 Å². The van der Waals surface area contributed by atoms with Crippen LogP contribution in [0, 0.1) is 5.92 Å². The number of carbonyl (C=O) groups is 1. The molecule has 0 bridgehead atoms. The SMILES string of the molecule is CCC(C)CCCC(=O)Nc1cnc(OCCC(O)O)s1. The predicted octanol–water partition coefficient (Wildman–Crippen LogP) is 2.38. The van der Waals surface area contributed by atoms with Crippen molar-refractivity contribution in [2.24, 2.45) is 5.92 Å². The number of thiazole rings is 1. The summed E-state index contributed by atoms with van der Waals surface area (Å²) in [6.45, 7) is 4.51. The van der Waals surface area contributed by atoms with Gasteiger partial charge in [0.2, 0.25) is 5.91 Å². The number of anilines is 1.